The van der Waals surface area contributed by atoms with Crippen molar-refractivity contribution in [3.05, 3.63) is 103 Å². The molecular formula is C30H31FN3O8P. The smallest absolute Gasteiger partial charge is 0.459 e. The lowest BCUT2D eigenvalue weighted by atomic mass is 10.1. The summed E-state index contributed by atoms with van der Waals surface area (Å²) in [5.41, 5.74) is 0.780. The molecule has 43 heavy (non-hydrogen) atoms. The van der Waals surface area contributed by atoms with Gasteiger partial charge in [0.15, 0.2) is 0 Å². The first-order chi connectivity index (χ1) is 20.6. The van der Waals surface area contributed by atoms with Gasteiger partial charge in [0.1, 0.15) is 36.6 Å². The highest BCUT2D eigenvalue weighted by Crippen LogP contribution is 2.47. The van der Waals surface area contributed by atoms with Crippen LogP contribution < -0.4 is 14.9 Å². The van der Waals surface area contributed by atoms with Crippen molar-refractivity contribution in [3.63, 3.8) is 0 Å². The maximum atomic E-state index is 14.2. The summed E-state index contributed by atoms with van der Waals surface area (Å²) in [5.74, 6) is -2.36. The Morgan fingerprint density at radius 2 is 1.91 bits per heavy atom. The van der Waals surface area contributed by atoms with Gasteiger partial charge in [-0.3, -0.25) is 14.1 Å². The number of benzene rings is 3. The largest absolute Gasteiger partial charge is 0.460 e. The van der Waals surface area contributed by atoms with Crippen molar-refractivity contribution in [1.29, 1.82) is 0 Å². The van der Waals surface area contributed by atoms with Crippen molar-refractivity contribution in [2.24, 2.45) is 0 Å². The Morgan fingerprint density at radius 1 is 1.19 bits per heavy atom. The van der Waals surface area contributed by atoms with E-state index in [9.17, 15) is 23.7 Å². The van der Waals surface area contributed by atoms with E-state index < -0.39 is 56.5 Å². The van der Waals surface area contributed by atoms with Crippen LogP contribution in [0.3, 0.4) is 0 Å². The molecule has 0 radical (unpaired) electrons. The van der Waals surface area contributed by atoms with Gasteiger partial charge < -0.3 is 29.3 Å². The molecule has 2 heterocycles. The molecule has 0 saturated carbocycles. The first-order valence-electron chi connectivity index (χ1n) is 13.5. The minimum atomic E-state index is -4.31. The van der Waals surface area contributed by atoms with Crippen LogP contribution in [0.25, 0.3) is 10.8 Å². The van der Waals surface area contributed by atoms with Gasteiger partial charge in [0.25, 0.3) is 5.91 Å². The van der Waals surface area contributed by atoms with Crippen LogP contribution in [0.15, 0.2) is 97.2 Å². The van der Waals surface area contributed by atoms with E-state index in [-0.39, 0.29) is 24.6 Å². The van der Waals surface area contributed by atoms with E-state index in [1.807, 2.05) is 36.4 Å². The highest BCUT2D eigenvalue weighted by atomic mass is 31.2. The number of nitrogens with zero attached hydrogens (tertiary/aromatic N) is 1. The number of aliphatic hydroxyl groups is 1. The standard InChI is InChI=1S/C30H31FN3O8P/c1-19(30(37)39-17-21-9-4-3-5-10-21)33-43(38,42-26-14-8-12-22-11-6-7-13-23(22)26)40-18-27-25(35)15-28(41-27)34-16-24(31)29(36)32-20(34)2/h3-14,16,19,25,27-28,35H,2,15,17-18H2,1H3,(H,32,36)(H,33,38)/t19-,25+,27+,28+,43?/m0/s1. The Labute approximate surface area is 247 Å². The van der Waals surface area contributed by atoms with Gasteiger partial charge in [-0.2, -0.15) is 9.48 Å². The quantitative estimate of drug-likeness (QED) is 0.213. The number of halogens is 1. The van der Waals surface area contributed by atoms with Crippen LogP contribution in [0.1, 0.15) is 18.9 Å². The van der Waals surface area contributed by atoms with E-state index in [0.29, 0.717) is 5.39 Å². The fourth-order valence-corrected chi connectivity index (χ4v) is 6.14. The number of nitrogens with one attached hydrogen (secondary N) is 2. The number of fused-ring (bicyclic) bond motifs is 1. The first kappa shape index (κ1) is 30.4. The average Bonchev–Trinajstić information content (AvgIpc) is 3.37. The van der Waals surface area contributed by atoms with E-state index >= 15 is 0 Å². The summed E-state index contributed by atoms with van der Waals surface area (Å²) in [5, 5.41) is 17.1. The Hall–Kier alpha value is -4.06. The highest BCUT2D eigenvalue weighted by Gasteiger charge is 2.42. The van der Waals surface area contributed by atoms with Crippen molar-refractivity contribution in [1.82, 2.24) is 15.3 Å². The molecule has 1 fully saturated rings. The summed E-state index contributed by atoms with van der Waals surface area (Å²) in [6.07, 6.45) is -2.07. The van der Waals surface area contributed by atoms with Crippen LogP contribution in [0.5, 0.6) is 5.75 Å². The Kier molecular flexibility index (Phi) is 9.24. The number of carbonyl (C=O) groups excluding carboxylic acids is 2. The molecule has 5 rings (SSSR count). The van der Waals surface area contributed by atoms with E-state index in [4.69, 9.17) is 18.5 Å². The molecule has 0 aliphatic carbocycles. The minimum absolute atomic E-state index is 0.0107. The van der Waals surface area contributed by atoms with Gasteiger partial charge in [0.05, 0.1) is 12.7 Å². The number of rotatable bonds is 11. The SMILES string of the molecule is C=C1NC(=O)C(F)=CN1[C@H]1C[C@@H](O)[C@@H](COP(=O)(N[C@@H](C)C(=O)OCc2ccccc2)Oc2cccc3ccccc23)O1. The first-order valence-corrected chi connectivity index (χ1v) is 15.1. The van der Waals surface area contributed by atoms with Gasteiger partial charge >= 0.3 is 13.7 Å². The molecule has 2 aliphatic heterocycles. The Bertz CT molecular complexity index is 1580. The van der Waals surface area contributed by atoms with Gasteiger partial charge in [-0.1, -0.05) is 73.3 Å². The molecule has 0 aromatic heterocycles. The number of esters is 1. The molecule has 5 atom stereocenters. The molecule has 0 bridgehead atoms. The summed E-state index contributed by atoms with van der Waals surface area (Å²) in [6, 6.07) is 20.5. The van der Waals surface area contributed by atoms with Crippen molar-refractivity contribution < 1.29 is 42.2 Å². The van der Waals surface area contributed by atoms with Gasteiger partial charge in [-0.25, -0.2) is 4.57 Å². The van der Waals surface area contributed by atoms with Gasteiger partial charge in [0.2, 0.25) is 5.83 Å². The summed E-state index contributed by atoms with van der Waals surface area (Å²) in [4.78, 5) is 25.6. The zero-order valence-corrected chi connectivity index (χ0v) is 24.1. The second-order valence-corrected chi connectivity index (χ2v) is 11.7. The maximum Gasteiger partial charge on any atom is 0.459 e. The molecule has 11 nitrogen and oxygen atoms in total. The lowest BCUT2D eigenvalue weighted by Crippen LogP contribution is -2.42. The number of carbonyl (C=O) groups is 2. The molecule has 2 aliphatic rings. The second kappa shape index (κ2) is 13.1. The number of hydrogen-bond acceptors (Lipinski definition) is 9. The van der Waals surface area contributed by atoms with Gasteiger partial charge in [-0.05, 0) is 23.9 Å². The molecule has 3 N–H and O–H groups in total. The number of amides is 1. The van der Waals surface area contributed by atoms with Crippen molar-refractivity contribution in [3.8, 4) is 5.75 Å². The van der Waals surface area contributed by atoms with Crippen LogP contribution in [0, 0.1) is 0 Å². The highest BCUT2D eigenvalue weighted by molar-refractivity contribution is 7.52. The van der Waals surface area contributed by atoms with Crippen LogP contribution in [0.2, 0.25) is 0 Å². The zero-order valence-electron chi connectivity index (χ0n) is 23.2. The molecule has 13 heteroatoms. The monoisotopic (exact) mass is 611 g/mol. The molecule has 226 valence electrons. The third-order valence-corrected chi connectivity index (χ3v) is 8.49. The molecular weight excluding hydrogens is 580 g/mol. The maximum absolute atomic E-state index is 14.2. The van der Waals surface area contributed by atoms with E-state index in [1.54, 1.807) is 36.4 Å². The van der Waals surface area contributed by atoms with Crippen molar-refractivity contribution in [2.45, 2.75) is 44.4 Å². The third kappa shape index (κ3) is 7.30. The number of aliphatic hydroxyl groups excluding tert-OH is 1. The van der Waals surface area contributed by atoms with E-state index in [2.05, 4.69) is 17.0 Å². The summed E-state index contributed by atoms with van der Waals surface area (Å²) in [6.45, 7) is 4.75. The lowest BCUT2D eigenvalue weighted by Gasteiger charge is -2.31. The van der Waals surface area contributed by atoms with Crippen LogP contribution in [-0.2, 0) is 34.8 Å². The fraction of sp³-hybridized carbons (Fsp3) is 0.267. The molecule has 3 aromatic carbocycles. The van der Waals surface area contributed by atoms with Crippen molar-refractivity contribution in [2.75, 3.05) is 6.61 Å². The van der Waals surface area contributed by atoms with Gasteiger partial charge in [0, 0.05) is 18.0 Å². The van der Waals surface area contributed by atoms with E-state index in [1.165, 1.54) is 11.8 Å². The molecule has 0 spiro atoms. The van der Waals surface area contributed by atoms with Crippen LogP contribution >= 0.6 is 7.75 Å². The second-order valence-electron chi connectivity index (χ2n) is 10.0. The van der Waals surface area contributed by atoms with Crippen LogP contribution in [-0.4, -0.2) is 53.0 Å². The lowest BCUT2D eigenvalue weighted by molar-refractivity contribution is -0.146. The summed E-state index contributed by atoms with van der Waals surface area (Å²) in [7, 11) is -4.31. The topological polar surface area (TPSA) is 136 Å². The zero-order chi connectivity index (χ0) is 30.6. The number of hydrogen-bond donors (Lipinski definition) is 3. The van der Waals surface area contributed by atoms with Crippen LogP contribution in [0.4, 0.5) is 4.39 Å². The molecule has 1 saturated heterocycles. The molecule has 1 unspecified atom stereocenters. The van der Waals surface area contributed by atoms with Gasteiger partial charge in [-0.15, -0.1) is 0 Å². The van der Waals surface area contributed by atoms with E-state index in [0.717, 1.165) is 17.1 Å². The third-order valence-electron chi connectivity index (χ3n) is 6.86. The fourth-order valence-electron chi connectivity index (χ4n) is 4.62. The normalized spacial score (nSPS) is 22.4. The number of ether oxygens (including phenoxy) is 2. The predicted molar refractivity (Wildman–Crippen MR) is 155 cm³/mol. The Morgan fingerprint density at radius 3 is 2.70 bits per heavy atom. The predicted octanol–water partition coefficient (Wildman–Crippen LogP) is 4.25. The average molecular weight is 612 g/mol. The minimum Gasteiger partial charge on any atom is -0.460 e. The molecule has 3 aromatic rings. The summed E-state index contributed by atoms with van der Waals surface area (Å²) < 4.78 is 51.0. The van der Waals surface area contributed by atoms with Crippen molar-refractivity contribution >= 4 is 30.4 Å². The Balaban J connectivity index is 1.31. The molecule has 1 amide bonds. The summed E-state index contributed by atoms with van der Waals surface area (Å²) >= 11 is 0.